The monoisotopic (exact) mass is 401 g/mol. The van der Waals surface area contributed by atoms with Crippen molar-refractivity contribution in [1.29, 1.82) is 0 Å². The first-order chi connectivity index (χ1) is 14.6. The number of aryl methyl sites for hydroxylation is 1. The van der Waals surface area contributed by atoms with Crippen molar-refractivity contribution >= 4 is 23.0 Å². The van der Waals surface area contributed by atoms with E-state index in [1.807, 2.05) is 37.3 Å². The van der Waals surface area contributed by atoms with Gasteiger partial charge in [-0.25, -0.2) is 5.43 Å². The number of carbonyl (C=O) groups excluding carboxylic acids is 1. The maximum Gasteiger partial charge on any atom is 0.291 e. The number of hydrazone groups is 1. The van der Waals surface area contributed by atoms with E-state index in [0.29, 0.717) is 5.69 Å². The lowest BCUT2D eigenvalue weighted by atomic mass is 9.49. The number of hydrogen-bond acceptors (Lipinski definition) is 3. The Kier molecular flexibility index (Phi) is 3.92. The maximum absolute atomic E-state index is 12.6. The fourth-order valence-electron chi connectivity index (χ4n) is 6.83. The number of aromatic nitrogens is 3. The zero-order valence-electron chi connectivity index (χ0n) is 17.2. The lowest BCUT2D eigenvalue weighted by Gasteiger charge is -2.56. The third-order valence-electron chi connectivity index (χ3n) is 7.72. The molecule has 0 spiro atoms. The number of amides is 1. The summed E-state index contributed by atoms with van der Waals surface area (Å²) in [5.41, 5.74) is 7.52. The highest BCUT2D eigenvalue weighted by molar-refractivity contribution is 6.01. The largest absolute Gasteiger partial charge is 0.358 e. The summed E-state index contributed by atoms with van der Waals surface area (Å²) in [4.78, 5) is 16.0. The molecule has 0 radical (unpaired) electrons. The Morgan fingerprint density at radius 2 is 1.87 bits per heavy atom. The average Bonchev–Trinajstić information content (AvgIpc) is 3.33. The number of benzene rings is 1. The third-order valence-corrected chi connectivity index (χ3v) is 7.72. The van der Waals surface area contributed by atoms with Crippen LogP contribution in [-0.2, 0) is 5.41 Å². The molecule has 154 valence electrons. The van der Waals surface area contributed by atoms with E-state index in [2.05, 4.69) is 25.7 Å². The minimum atomic E-state index is -0.268. The van der Waals surface area contributed by atoms with Crippen LogP contribution in [0.4, 0.5) is 0 Å². The Balaban J connectivity index is 1.19. The second-order valence-corrected chi connectivity index (χ2v) is 9.77. The van der Waals surface area contributed by atoms with Crippen molar-refractivity contribution in [2.45, 2.75) is 50.9 Å². The van der Waals surface area contributed by atoms with Crippen molar-refractivity contribution in [3.8, 4) is 0 Å². The minimum Gasteiger partial charge on any atom is -0.358 e. The number of nitrogens with zero attached hydrogens (tertiary/aromatic N) is 2. The molecule has 4 fully saturated rings. The maximum atomic E-state index is 12.6. The summed E-state index contributed by atoms with van der Waals surface area (Å²) in [6.07, 6.45) is 9.67. The number of fused-ring (bicyclic) bond motifs is 1. The summed E-state index contributed by atoms with van der Waals surface area (Å²) < 4.78 is 0. The molecule has 1 aromatic carbocycles. The van der Waals surface area contributed by atoms with Crippen LogP contribution in [0.2, 0.25) is 0 Å². The van der Waals surface area contributed by atoms with Crippen LogP contribution in [0.1, 0.15) is 66.0 Å². The van der Waals surface area contributed by atoms with Gasteiger partial charge in [0, 0.05) is 33.3 Å². The highest BCUT2D eigenvalue weighted by Gasteiger charge is 2.52. The lowest BCUT2D eigenvalue weighted by molar-refractivity contribution is -0.00721. The van der Waals surface area contributed by atoms with Crippen LogP contribution < -0.4 is 5.43 Å². The molecule has 0 aliphatic heterocycles. The second kappa shape index (κ2) is 6.56. The summed E-state index contributed by atoms with van der Waals surface area (Å²) in [5.74, 6) is 2.32. The average molecular weight is 402 g/mol. The van der Waals surface area contributed by atoms with Gasteiger partial charge in [0.1, 0.15) is 0 Å². The van der Waals surface area contributed by atoms with E-state index >= 15 is 0 Å². The van der Waals surface area contributed by atoms with Crippen LogP contribution in [0.15, 0.2) is 35.4 Å². The van der Waals surface area contributed by atoms with Crippen LogP contribution >= 0.6 is 0 Å². The molecule has 4 saturated carbocycles. The molecule has 3 aromatic rings. The van der Waals surface area contributed by atoms with E-state index < -0.39 is 0 Å². The van der Waals surface area contributed by atoms with Crippen molar-refractivity contribution in [2.24, 2.45) is 22.9 Å². The van der Waals surface area contributed by atoms with E-state index in [1.54, 1.807) is 6.21 Å². The Morgan fingerprint density at radius 3 is 2.60 bits per heavy atom. The molecule has 4 aliphatic carbocycles. The van der Waals surface area contributed by atoms with Gasteiger partial charge in [-0.1, -0.05) is 18.2 Å². The van der Waals surface area contributed by atoms with Gasteiger partial charge in [-0.2, -0.15) is 10.2 Å². The van der Waals surface area contributed by atoms with E-state index in [9.17, 15) is 4.79 Å². The predicted octanol–water partition coefficient (Wildman–Crippen LogP) is 4.43. The molecule has 6 heteroatoms. The minimum absolute atomic E-state index is 0.213. The zero-order valence-corrected chi connectivity index (χ0v) is 17.2. The van der Waals surface area contributed by atoms with E-state index in [-0.39, 0.29) is 11.3 Å². The molecule has 30 heavy (non-hydrogen) atoms. The molecule has 7 rings (SSSR count). The molecule has 4 aliphatic rings. The van der Waals surface area contributed by atoms with Crippen LogP contribution in [0, 0.1) is 24.7 Å². The topological polar surface area (TPSA) is 85.9 Å². The highest BCUT2D eigenvalue weighted by atomic mass is 16.2. The first-order valence-electron chi connectivity index (χ1n) is 11.1. The van der Waals surface area contributed by atoms with E-state index in [0.717, 1.165) is 45.6 Å². The fourth-order valence-corrected chi connectivity index (χ4v) is 6.83. The smallest absolute Gasteiger partial charge is 0.291 e. The molecular formula is C24H27N5O. The van der Waals surface area contributed by atoms with Gasteiger partial charge in [0.25, 0.3) is 5.91 Å². The van der Waals surface area contributed by atoms with E-state index in [4.69, 9.17) is 0 Å². The molecule has 2 aromatic heterocycles. The van der Waals surface area contributed by atoms with Gasteiger partial charge < -0.3 is 4.98 Å². The summed E-state index contributed by atoms with van der Waals surface area (Å²) in [6.45, 7) is 2.01. The van der Waals surface area contributed by atoms with Crippen molar-refractivity contribution in [1.82, 2.24) is 20.6 Å². The normalized spacial score (nSPS) is 29.8. The summed E-state index contributed by atoms with van der Waals surface area (Å²) in [5, 5.41) is 12.9. The number of rotatable bonds is 4. The van der Waals surface area contributed by atoms with Crippen molar-refractivity contribution in [3.05, 3.63) is 53.0 Å². The molecule has 0 saturated heterocycles. The van der Waals surface area contributed by atoms with Gasteiger partial charge in [-0.15, -0.1) is 0 Å². The van der Waals surface area contributed by atoms with Crippen LogP contribution in [0.25, 0.3) is 10.9 Å². The predicted molar refractivity (Wildman–Crippen MR) is 117 cm³/mol. The number of aromatic amines is 2. The molecule has 4 bridgehead atoms. The number of carbonyl (C=O) groups is 1. The molecule has 6 nitrogen and oxygen atoms in total. The first-order valence-corrected chi connectivity index (χ1v) is 11.1. The van der Waals surface area contributed by atoms with Crippen molar-refractivity contribution < 1.29 is 4.79 Å². The van der Waals surface area contributed by atoms with Crippen LogP contribution in [0.3, 0.4) is 0 Å². The summed E-state index contributed by atoms with van der Waals surface area (Å²) in [6, 6.07) is 10.1. The van der Waals surface area contributed by atoms with Gasteiger partial charge in [-0.3, -0.25) is 9.89 Å². The number of H-pyrrole nitrogens is 2. The Labute approximate surface area is 175 Å². The molecular weight excluding hydrogens is 374 g/mol. The fraction of sp³-hybridized carbons (Fsp3) is 0.458. The lowest BCUT2D eigenvalue weighted by Crippen LogP contribution is -2.48. The molecule has 0 unspecified atom stereocenters. The third kappa shape index (κ3) is 2.81. The quantitative estimate of drug-likeness (QED) is 0.446. The molecule has 1 amide bonds. The van der Waals surface area contributed by atoms with Gasteiger partial charge in [-0.05, 0) is 75.3 Å². The Bertz CT molecular complexity index is 1120. The Morgan fingerprint density at radius 1 is 1.17 bits per heavy atom. The second-order valence-electron chi connectivity index (χ2n) is 9.77. The number of para-hydroxylation sites is 1. The zero-order chi connectivity index (χ0) is 20.3. The molecule has 3 N–H and O–H groups in total. The van der Waals surface area contributed by atoms with Crippen molar-refractivity contribution in [2.75, 3.05) is 0 Å². The first kappa shape index (κ1) is 17.9. The van der Waals surface area contributed by atoms with Gasteiger partial charge in [0.2, 0.25) is 0 Å². The summed E-state index contributed by atoms with van der Waals surface area (Å²) in [7, 11) is 0. The van der Waals surface area contributed by atoms with Crippen LogP contribution in [0.5, 0.6) is 0 Å². The van der Waals surface area contributed by atoms with Crippen LogP contribution in [-0.4, -0.2) is 27.3 Å². The molecule has 2 heterocycles. The van der Waals surface area contributed by atoms with E-state index in [1.165, 1.54) is 38.5 Å². The number of nitrogens with one attached hydrogen (secondary N) is 3. The van der Waals surface area contributed by atoms with Gasteiger partial charge >= 0.3 is 0 Å². The van der Waals surface area contributed by atoms with Gasteiger partial charge in [0.05, 0.1) is 6.21 Å². The highest BCUT2D eigenvalue weighted by Crippen LogP contribution is 2.60. The standard InChI is InChI=1S/C24H27N5O/c1-14-19(18-4-2-3-5-20(18)26-14)13-25-29-23(30)21-9-22(28-27-21)24-10-15-6-16(11-24)8-17(7-15)12-24/h2-5,9,13,15-17,26H,6-8,10-12H2,1H3,(H,27,28)(H,29,30)/b25-13-. The van der Waals surface area contributed by atoms with Gasteiger partial charge in [0.15, 0.2) is 5.69 Å². The SMILES string of the molecule is Cc1[nH]c2ccccc2c1/C=N\NC(=O)c1cc(C23CC4CC(CC(C4)C2)C3)[nH]n1. The number of hydrogen-bond donors (Lipinski definition) is 3. The summed E-state index contributed by atoms with van der Waals surface area (Å²) >= 11 is 0. The van der Waals surface area contributed by atoms with Crippen molar-refractivity contribution in [3.63, 3.8) is 0 Å². The Hall–Kier alpha value is -2.89. The molecule has 0 atom stereocenters.